The van der Waals surface area contributed by atoms with Crippen molar-refractivity contribution >= 4 is 6.08 Å². The summed E-state index contributed by atoms with van der Waals surface area (Å²) in [5.41, 5.74) is 6.58. The molecule has 0 heterocycles. The van der Waals surface area contributed by atoms with Gasteiger partial charge in [0.25, 0.3) is 0 Å². The molecule has 167 valence electrons. The Morgan fingerprint density at radius 1 is 0.833 bits per heavy atom. The molecular formula is C29H47Hf. The summed E-state index contributed by atoms with van der Waals surface area (Å²) >= 11 is -5.64. The van der Waals surface area contributed by atoms with Crippen molar-refractivity contribution in [3.8, 4) is 0 Å². The molecule has 0 N–H and O–H groups in total. The van der Waals surface area contributed by atoms with Crippen molar-refractivity contribution in [3.05, 3.63) is 64.8 Å². The van der Waals surface area contributed by atoms with Crippen LogP contribution in [0.2, 0.25) is 36.4 Å². The molecule has 0 radical (unpaired) electrons. The van der Waals surface area contributed by atoms with Crippen LogP contribution in [0.5, 0.6) is 0 Å². The number of hydrogen-bond acceptors (Lipinski definition) is 0. The van der Waals surface area contributed by atoms with Gasteiger partial charge in [0.2, 0.25) is 0 Å². The summed E-state index contributed by atoms with van der Waals surface area (Å²) in [4.78, 5) is 0. The zero-order chi connectivity index (χ0) is 22.9. The van der Waals surface area contributed by atoms with E-state index < -0.39 is 12.6 Å². The van der Waals surface area contributed by atoms with Gasteiger partial charge in [0.05, 0.1) is 0 Å². The number of benzene rings is 1. The summed E-state index contributed by atoms with van der Waals surface area (Å²) in [5, 5.41) is 0. The molecule has 3 aliphatic rings. The van der Waals surface area contributed by atoms with Crippen LogP contribution in [0.3, 0.4) is 0 Å². The Morgan fingerprint density at radius 3 is 1.83 bits per heavy atom. The molecule has 0 amide bonds. The summed E-state index contributed by atoms with van der Waals surface area (Å²) in [6.45, 7) is 9.79. The first-order valence-electron chi connectivity index (χ1n) is 12.4. The average molecular weight is 574 g/mol. The first-order valence-corrected chi connectivity index (χ1v) is 41.4. The molecule has 0 aliphatic heterocycles. The van der Waals surface area contributed by atoms with Crippen LogP contribution in [0.1, 0.15) is 49.9 Å². The van der Waals surface area contributed by atoms with Crippen molar-refractivity contribution in [2.24, 2.45) is 11.3 Å². The zero-order valence-corrected chi connectivity index (χ0v) is 25.3. The molecule has 1 aromatic rings. The van der Waals surface area contributed by atoms with Crippen LogP contribution in [0, 0.1) is 11.3 Å². The molecule has 1 aromatic carbocycles. The van der Waals surface area contributed by atoms with Gasteiger partial charge in [-0.1, -0.05) is 0 Å². The maximum absolute atomic E-state index is 5.64. The van der Waals surface area contributed by atoms with Crippen LogP contribution in [-0.4, -0.2) is 0 Å². The van der Waals surface area contributed by atoms with Gasteiger partial charge in [-0.15, -0.1) is 0 Å². The van der Waals surface area contributed by atoms with E-state index in [1.54, 1.807) is 16.7 Å². The molecule has 0 nitrogen and oxygen atoms in total. The summed E-state index contributed by atoms with van der Waals surface area (Å²) < 4.78 is 19.5. The topological polar surface area (TPSA) is 0 Å². The van der Waals surface area contributed by atoms with Crippen molar-refractivity contribution in [2.75, 3.05) is 0 Å². The molecule has 4 rings (SSSR count). The molecule has 0 bridgehead atoms. The molecule has 0 spiro atoms. The van der Waals surface area contributed by atoms with Crippen LogP contribution in [-0.2, 0) is 28.6 Å². The molecule has 1 atom stereocenters. The van der Waals surface area contributed by atoms with E-state index in [4.69, 9.17) is 0 Å². The Hall–Kier alpha value is -0.690. The van der Waals surface area contributed by atoms with Gasteiger partial charge < -0.3 is 0 Å². The minimum atomic E-state index is -5.64. The zero-order valence-electron chi connectivity index (χ0n) is 21.7. The third-order valence-electron chi connectivity index (χ3n) is 11.0. The van der Waals surface area contributed by atoms with Crippen molar-refractivity contribution in [1.29, 1.82) is 0 Å². The van der Waals surface area contributed by atoms with Gasteiger partial charge >= 0.3 is 175 Å². The van der Waals surface area contributed by atoms with Crippen LogP contribution < -0.4 is 0 Å². The quantitative estimate of drug-likeness (QED) is 0.316. The molecule has 1 unspecified atom stereocenters. The third kappa shape index (κ3) is 2.32. The maximum atomic E-state index is 2.74. The van der Waals surface area contributed by atoms with E-state index in [9.17, 15) is 0 Å². The second kappa shape index (κ2) is 3.72. The van der Waals surface area contributed by atoms with Crippen molar-refractivity contribution in [1.82, 2.24) is 0 Å². The van der Waals surface area contributed by atoms with Crippen molar-refractivity contribution < 1.29 is 12.6 Å². The molecule has 3 aliphatic carbocycles. The summed E-state index contributed by atoms with van der Waals surface area (Å²) in [5.74, 6) is 0.477. The number of rotatable bonds is 3. The standard InChI is InChI=1S/C17H21.C5H5.7CH3.Hf/c1-11(2)15-6-5-12-7-13-9-17(3,4)10-14(13)8-16(12)15;1-2-4-5-3-1;;;;;;;;/h5-8,11H,9-10H2,1-4H3;1-5H;7*1H3;. The van der Waals surface area contributed by atoms with E-state index >= 15 is 0 Å². The first-order chi connectivity index (χ1) is 12.8. The normalized spacial score (nSPS) is 31.9. The first kappa shape index (κ1) is 22.5. The van der Waals surface area contributed by atoms with Crippen LogP contribution in [0.15, 0.2) is 42.5 Å². The number of allylic oxidation sites excluding steroid dienone is 5. The predicted molar refractivity (Wildman–Crippen MR) is 136 cm³/mol. The Labute approximate surface area is 174 Å². The summed E-state index contributed by atoms with van der Waals surface area (Å²) in [7, 11) is 0. The van der Waals surface area contributed by atoms with Crippen molar-refractivity contribution in [3.63, 3.8) is 0 Å². The monoisotopic (exact) mass is 575 g/mol. The van der Waals surface area contributed by atoms with Gasteiger partial charge in [-0.05, 0) is 0 Å². The van der Waals surface area contributed by atoms with Gasteiger partial charge in [-0.25, -0.2) is 0 Å². The van der Waals surface area contributed by atoms with E-state index in [0.717, 1.165) is 0 Å². The summed E-state index contributed by atoms with van der Waals surface area (Å²) in [6.07, 6.45) is 17.1. The van der Waals surface area contributed by atoms with Gasteiger partial charge in [0.1, 0.15) is 0 Å². The second-order valence-corrected chi connectivity index (χ2v) is 132. The van der Waals surface area contributed by atoms with Gasteiger partial charge in [0.15, 0.2) is 0 Å². The molecule has 0 aromatic heterocycles. The van der Waals surface area contributed by atoms with Crippen LogP contribution in [0.25, 0.3) is 6.08 Å². The van der Waals surface area contributed by atoms with E-state index in [0.29, 0.717) is 15.0 Å². The fourth-order valence-corrected chi connectivity index (χ4v) is 51.2. The fourth-order valence-electron chi connectivity index (χ4n) is 9.43. The number of fused-ring (bicyclic) bond motifs is 2. The molecular weight excluding hydrogens is 527 g/mol. The Kier molecular flexibility index (Phi) is 2.79. The third-order valence-corrected chi connectivity index (χ3v) is 56.5. The SMILES string of the molecule is CC(C)[C]1([Hf]([CH3])([CH3])([CH3])([CH3])([CH3])([CH3])([CH3])[CH]2C=CC=C2)C=Cc2cc3c(cc21)CC(C)(C)C3. The van der Waals surface area contributed by atoms with Crippen molar-refractivity contribution in [2.45, 2.75) is 80.1 Å². The average Bonchev–Trinajstić information content (AvgIpc) is 3.17. The molecule has 0 saturated carbocycles. The Morgan fingerprint density at radius 2 is 1.33 bits per heavy atom. The molecule has 1 heteroatoms. The Balaban J connectivity index is 2.21. The Bertz CT molecular complexity index is 1130. The molecule has 0 saturated heterocycles. The van der Waals surface area contributed by atoms with Gasteiger partial charge in [-0.2, -0.15) is 0 Å². The van der Waals surface area contributed by atoms with E-state index in [-0.39, 0.29) is 3.17 Å². The molecule has 30 heavy (non-hydrogen) atoms. The number of hydrogen-bond donors (Lipinski definition) is 0. The van der Waals surface area contributed by atoms with Crippen LogP contribution in [0.4, 0.5) is 0 Å². The van der Waals surface area contributed by atoms with Crippen LogP contribution >= 0.6 is 0 Å². The van der Waals surface area contributed by atoms with Gasteiger partial charge in [0, 0.05) is 0 Å². The fraction of sp³-hybridized carbons (Fsp3) is 0.586. The van der Waals surface area contributed by atoms with E-state index in [2.05, 4.69) is 109 Å². The minimum absolute atomic E-state index is 0.0532. The predicted octanol–water partition coefficient (Wildman–Crippen LogP) is 9.77. The van der Waals surface area contributed by atoms with Gasteiger partial charge in [-0.3, -0.25) is 0 Å². The van der Waals surface area contributed by atoms with E-state index in [1.165, 1.54) is 18.4 Å². The van der Waals surface area contributed by atoms with E-state index in [1.807, 2.05) is 0 Å². The second-order valence-electron chi connectivity index (χ2n) is 22.8. The summed E-state index contributed by atoms with van der Waals surface area (Å²) in [6, 6.07) is 5.18. The molecule has 0 fully saturated rings.